The van der Waals surface area contributed by atoms with Crippen molar-refractivity contribution in [2.75, 3.05) is 11.4 Å². The van der Waals surface area contributed by atoms with E-state index in [1.165, 1.54) is 4.90 Å². The predicted molar refractivity (Wildman–Crippen MR) is 74.9 cm³/mol. The van der Waals surface area contributed by atoms with E-state index < -0.39 is 17.8 Å². The number of carbonyl (C=O) groups excluding carboxylic acids is 2. The number of rotatable bonds is 1. The molecule has 2 heterocycles. The van der Waals surface area contributed by atoms with Gasteiger partial charge in [-0.1, -0.05) is 6.07 Å². The molecule has 2 amide bonds. The van der Waals surface area contributed by atoms with Crippen molar-refractivity contribution in [3.05, 3.63) is 41.4 Å². The van der Waals surface area contributed by atoms with Crippen LogP contribution in [-0.4, -0.2) is 29.2 Å². The van der Waals surface area contributed by atoms with Gasteiger partial charge in [0.1, 0.15) is 6.54 Å². The van der Waals surface area contributed by atoms with Crippen molar-refractivity contribution in [2.45, 2.75) is 13.8 Å². The van der Waals surface area contributed by atoms with Gasteiger partial charge < -0.3 is 0 Å². The van der Waals surface area contributed by atoms with Crippen LogP contribution in [0.5, 0.6) is 0 Å². The summed E-state index contributed by atoms with van der Waals surface area (Å²) in [6.45, 7) is 3.67. The van der Waals surface area contributed by atoms with Crippen molar-refractivity contribution >= 4 is 23.5 Å². The Labute approximate surface area is 120 Å². The van der Waals surface area contributed by atoms with Gasteiger partial charge >= 0.3 is 0 Å². The number of aryl methyl sites for hydroxylation is 2. The van der Waals surface area contributed by atoms with Crippen LogP contribution in [0.1, 0.15) is 11.1 Å². The van der Waals surface area contributed by atoms with Crippen LogP contribution in [0.4, 0.5) is 10.1 Å². The van der Waals surface area contributed by atoms with Gasteiger partial charge in [-0.05, 0) is 37.1 Å². The molecule has 108 valence electrons. The second-order valence-corrected chi connectivity index (χ2v) is 4.94. The standard InChI is InChI=1S/C14H13FN4O2/c1-8-3-4-10(5-9(8)2)19-13(21)6-11(15)18-7-12(20)16-17-14(18)19/h3-6H,7H2,1-2H3,(H,16,20). The fraction of sp³-hybridized carbons (Fsp3) is 0.214. The lowest BCUT2D eigenvalue weighted by molar-refractivity contribution is -0.122. The van der Waals surface area contributed by atoms with Gasteiger partial charge in [0.05, 0.1) is 11.8 Å². The summed E-state index contributed by atoms with van der Waals surface area (Å²) in [6.07, 6.45) is 0.854. The third-order valence-electron chi connectivity index (χ3n) is 3.49. The summed E-state index contributed by atoms with van der Waals surface area (Å²) in [7, 11) is 0. The Kier molecular flexibility index (Phi) is 2.97. The SMILES string of the molecule is Cc1ccc(N2C(=O)C=C(F)N3CC(=O)NN=C32)cc1C. The van der Waals surface area contributed by atoms with Crippen LogP contribution >= 0.6 is 0 Å². The number of halogens is 1. The summed E-state index contributed by atoms with van der Waals surface area (Å²) in [5.74, 6) is -1.70. The fourth-order valence-corrected chi connectivity index (χ4v) is 2.21. The molecule has 2 aliphatic heterocycles. The number of anilines is 1. The van der Waals surface area contributed by atoms with E-state index in [1.54, 1.807) is 6.07 Å². The third kappa shape index (κ3) is 2.16. The second-order valence-electron chi connectivity index (χ2n) is 4.94. The molecule has 0 bridgehead atoms. The number of hydrazone groups is 1. The highest BCUT2D eigenvalue weighted by Gasteiger charge is 2.36. The zero-order chi connectivity index (χ0) is 15.1. The molecule has 3 rings (SSSR count). The summed E-state index contributed by atoms with van der Waals surface area (Å²) >= 11 is 0. The maximum absolute atomic E-state index is 13.9. The molecule has 1 aromatic carbocycles. The van der Waals surface area contributed by atoms with Crippen LogP contribution in [0, 0.1) is 13.8 Å². The molecular formula is C14H13FN4O2. The van der Waals surface area contributed by atoms with Crippen LogP contribution in [0.2, 0.25) is 0 Å². The molecule has 7 heteroatoms. The quantitative estimate of drug-likeness (QED) is 0.789. The van der Waals surface area contributed by atoms with E-state index in [9.17, 15) is 14.0 Å². The third-order valence-corrected chi connectivity index (χ3v) is 3.49. The number of benzene rings is 1. The van der Waals surface area contributed by atoms with Crippen molar-refractivity contribution in [1.82, 2.24) is 10.3 Å². The van der Waals surface area contributed by atoms with E-state index in [-0.39, 0.29) is 12.5 Å². The number of nitrogens with zero attached hydrogens (tertiary/aromatic N) is 3. The van der Waals surface area contributed by atoms with Gasteiger partial charge in [0.2, 0.25) is 11.9 Å². The topological polar surface area (TPSA) is 65.0 Å². The lowest BCUT2D eigenvalue weighted by Crippen LogP contribution is -2.56. The van der Waals surface area contributed by atoms with Gasteiger partial charge in [-0.25, -0.2) is 10.3 Å². The minimum Gasteiger partial charge on any atom is -0.277 e. The molecule has 1 aromatic rings. The largest absolute Gasteiger partial charge is 0.277 e. The van der Waals surface area contributed by atoms with Gasteiger partial charge in [0.15, 0.2) is 0 Å². The lowest BCUT2D eigenvalue weighted by atomic mass is 10.1. The van der Waals surface area contributed by atoms with E-state index in [1.807, 2.05) is 26.0 Å². The number of hydrogen-bond acceptors (Lipinski definition) is 4. The first-order valence-electron chi connectivity index (χ1n) is 6.40. The highest BCUT2D eigenvalue weighted by atomic mass is 19.1. The average Bonchev–Trinajstić information content (AvgIpc) is 2.43. The Morgan fingerprint density at radius 2 is 2.00 bits per heavy atom. The first kappa shape index (κ1) is 13.3. The molecule has 0 radical (unpaired) electrons. The summed E-state index contributed by atoms with van der Waals surface area (Å²) < 4.78 is 13.9. The van der Waals surface area contributed by atoms with Crippen LogP contribution in [0.3, 0.4) is 0 Å². The van der Waals surface area contributed by atoms with E-state index >= 15 is 0 Å². The number of carbonyl (C=O) groups is 2. The molecule has 6 nitrogen and oxygen atoms in total. The smallest absolute Gasteiger partial charge is 0.262 e. The molecule has 1 N–H and O–H groups in total. The fourth-order valence-electron chi connectivity index (χ4n) is 2.21. The van der Waals surface area contributed by atoms with E-state index in [2.05, 4.69) is 10.5 Å². The molecule has 2 aliphatic rings. The van der Waals surface area contributed by atoms with E-state index in [4.69, 9.17) is 0 Å². The Hall–Kier alpha value is -2.70. The van der Waals surface area contributed by atoms with Gasteiger partial charge in [-0.3, -0.25) is 14.5 Å². The molecule has 0 saturated heterocycles. The molecule has 21 heavy (non-hydrogen) atoms. The predicted octanol–water partition coefficient (Wildman–Crippen LogP) is 1.16. The Balaban J connectivity index is 2.10. The summed E-state index contributed by atoms with van der Waals surface area (Å²) in [5.41, 5.74) is 4.93. The van der Waals surface area contributed by atoms with Gasteiger partial charge in [0.25, 0.3) is 11.8 Å². The molecular weight excluding hydrogens is 275 g/mol. The number of amides is 2. The summed E-state index contributed by atoms with van der Waals surface area (Å²) in [6, 6.07) is 5.45. The second kappa shape index (κ2) is 4.69. The Morgan fingerprint density at radius 1 is 1.24 bits per heavy atom. The van der Waals surface area contributed by atoms with Gasteiger partial charge in [-0.15, -0.1) is 5.10 Å². The maximum Gasteiger partial charge on any atom is 0.262 e. The molecule has 0 unspecified atom stereocenters. The van der Waals surface area contributed by atoms with E-state index in [0.717, 1.165) is 22.1 Å². The van der Waals surface area contributed by atoms with Crippen molar-refractivity contribution in [2.24, 2.45) is 5.10 Å². The monoisotopic (exact) mass is 288 g/mol. The summed E-state index contributed by atoms with van der Waals surface area (Å²) in [5, 5.41) is 3.81. The zero-order valence-electron chi connectivity index (χ0n) is 11.6. The van der Waals surface area contributed by atoms with Gasteiger partial charge in [0, 0.05) is 0 Å². The van der Waals surface area contributed by atoms with Crippen molar-refractivity contribution in [3.8, 4) is 0 Å². The van der Waals surface area contributed by atoms with Crippen molar-refractivity contribution in [1.29, 1.82) is 0 Å². The van der Waals surface area contributed by atoms with Crippen LogP contribution in [0.15, 0.2) is 35.3 Å². The zero-order valence-corrected chi connectivity index (χ0v) is 11.6. The Bertz CT molecular complexity index is 711. The molecule has 0 aliphatic carbocycles. The number of guanidine groups is 1. The maximum atomic E-state index is 13.9. The van der Waals surface area contributed by atoms with Crippen molar-refractivity contribution in [3.63, 3.8) is 0 Å². The highest BCUT2D eigenvalue weighted by molar-refractivity contribution is 6.23. The van der Waals surface area contributed by atoms with Crippen molar-refractivity contribution < 1.29 is 14.0 Å². The lowest BCUT2D eigenvalue weighted by Gasteiger charge is -2.36. The number of hydrogen-bond donors (Lipinski definition) is 1. The van der Waals surface area contributed by atoms with Gasteiger partial charge in [-0.2, -0.15) is 4.39 Å². The van der Waals surface area contributed by atoms with Crippen LogP contribution < -0.4 is 10.3 Å². The minimum absolute atomic E-state index is 0.0582. The van der Waals surface area contributed by atoms with Crippen LogP contribution in [-0.2, 0) is 9.59 Å². The normalized spacial score (nSPS) is 18.0. The minimum atomic E-state index is -0.784. The molecule has 0 aromatic heterocycles. The molecule has 0 spiro atoms. The Morgan fingerprint density at radius 3 is 2.71 bits per heavy atom. The number of nitrogens with one attached hydrogen (secondary N) is 1. The highest BCUT2D eigenvalue weighted by Crippen LogP contribution is 2.26. The van der Waals surface area contributed by atoms with Crippen LogP contribution in [0.25, 0.3) is 0 Å². The number of fused-ring (bicyclic) bond motifs is 1. The van der Waals surface area contributed by atoms with E-state index in [0.29, 0.717) is 5.69 Å². The first-order valence-corrected chi connectivity index (χ1v) is 6.40. The first-order chi connectivity index (χ1) is 9.97. The average molecular weight is 288 g/mol. The summed E-state index contributed by atoms with van der Waals surface area (Å²) in [4.78, 5) is 25.8. The molecule has 0 saturated carbocycles. The molecule has 0 fully saturated rings. The molecule has 0 atom stereocenters.